The molecular formula is C105H85F2N13O7S2. The van der Waals surface area contributed by atoms with Crippen molar-refractivity contribution in [1.29, 1.82) is 5.41 Å². The second-order valence-electron chi connectivity index (χ2n) is 30.3. The van der Waals surface area contributed by atoms with E-state index in [1.807, 2.05) is 166 Å². The van der Waals surface area contributed by atoms with Crippen LogP contribution in [0.3, 0.4) is 0 Å². The van der Waals surface area contributed by atoms with Gasteiger partial charge >= 0.3 is 0 Å². The highest BCUT2D eigenvalue weighted by Crippen LogP contribution is 2.41. The minimum absolute atomic E-state index is 0.0719. The van der Waals surface area contributed by atoms with Gasteiger partial charge in [-0.15, -0.1) is 0 Å². The number of anilines is 1. The van der Waals surface area contributed by atoms with Gasteiger partial charge in [0.15, 0.2) is 23.1 Å². The first-order valence-corrected chi connectivity index (χ1v) is 44.2. The van der Waals surface area contributed by atoms with Crippen molar-refractivity contribution >= 4 is 56.8 Å². The number of pyridine rings is 5. The molecule has 24 heteroatoms. The Morgan fingerprint density at radius 2 is 0.744 bits per heavy atom. The van der Waals surface area contributed by atoms with Crippen LogP contribution in [0.2, 0.25) is 0 Å². The first kappa shape index (κ1) is 86.9. The number of aryl methyl sites for hydroxylation is 1. The van der Waals surface area contributed by atoms with Gasteiger partial charge in [-0.25, -0.2) is 35.9 Å². The summed E-state index contributed by atoms with van der Waals surface area (Å²) in [4.78, 5) is 40.1. The molecule has 0 fully saturated rings. The van der Waals surface area contributed by atoms with Gasteiger partial charge in [0.05, 0.1) is 78.7 Å². The topological polar surface area (TPSA) is 298 Å². The zero-order chi connectivity index (χ0) is 89.5. The summed E-state index contributed by atoms with van der Waals surface area (Å²) in [7, 11) is -2.33. The standard InChI is InChI=1S/C27H22N2O2.C21H18N2O.C19H15F2N3.2C19H15N3O2S/c1-30-26-15-21(11-12-25(26)31-18-19-6-3-2-4-7-19)27-24(8-5-13-29-27)20-9-10-22-16-28-17-23(22)14-20;1-14-5-6-16(11-20(14)24-2)21-19(4-3-9-23-21)15-7-8-17-12-22-13-18(17)10-15;1-23-18-10-12(4-5-14(18)11-22)15-3-2-8-24-19(15)13-6-7-16(20)17(21)9-13;20-25(23,24)17-4-1-3-14(10-17)19-18(5-2-8-22-19)13-6-7-15-11-21-12-16(15)9-13;20-25(23,24)17-7-5-13(6-8-17)19-18(2-1-9-22-19)14-3-4-15-11-21-12-16(15)10-14/h2-15,17H,16,18H2,1H3;3-11,13H,12H2,1-2H3;2-11,22-23H,1H3;2*1-10,12H,11H2,(H2,20,23,24). The largest absolute Gasteiger partial charge is 0.496 e. The average Bonchev–Trinajstić information content (AvgIpc) is 1.75. The molecule has 638 valence electrons. The van der Waals surface area contributed by atoms with Gasteiger partial charge in [-0.05, 0) is 218 Å². The number of hydrogen-bond donors (Lipinski definition) is 4. The highest BCUT2D eigenvalue weighted by Gasteiger charge is 2.22. The van der Waals surface area contributed by atoms with Crippen molar-refractivity contribution in [3.63, 3.8) is 0 Å². The molecule has 0 radical (unpaired) electrons. The average molecular weight is 1740 g/mol. The van der Waals surface area contributed by atoms with E-state index in [0.29, 0.717) is 47.2 Å². The molecule has 20 rings (SSSR count). The van der Waals surface area contributed by atoms with E-state index in [2.05, 4.69) is 147 Å². The number of benzene rings is 11. The lowest BCUT2D eigenvalue weighted by atomic mass is 9.96. The Bertz CT molecular complexity index is 7290. The summed E-state index contributed by atoms with van der Waals surface area (Å²) in [6.07, 6.45) is 17.6. The van der Waals surface area contributed by atoms with E-state index in [-0.39, 0.29) is 9.79 Å². The lowest BCUT2D eigenvalue weighted by Crippen LogP contribution is -2.12. The highest BCUT2D eigenvalue weighted by atomic mass is 32.2. The predicted octanol–water partition coefficient (Wildman–Crippen LogP) is 21.3. The van der Waals surface area contributed by atoms with Crippen LogP contribution < -0.4 is 29.8 Å². The smallest absolute Gasteiger partial charge is 0.238 e. The SMILES string of the molecule is CNc1cc(-c2cccnc2-c2ccc(F)c(F)c2)ccc1C=N.COc1cc(-c2ncccc2-c2ccc3c(c2)C=NC3)ccc1C.COc1cc(-c2ncccc2-c2ccc3c(c2)C=NC3)ccc1OCc1ccccc1.NS(=O)(=O)c1ccc(-c2ncccc2-c2ccc3c(c2)C=NC3)cc1.NS(=O)(=O)c1cccc(-c2ncccc2-c2ccc3c(c2)C=NC3)c1. The van der Waals surface area contributed by atoms with Crippen molar-refractivity contribution in [3.8, 4) is 129 Å². The van der Waals surface area contributed by atoms with Gasteiger partial charge in [0, 0.05) is 136 Å². The summed E-state index contributed by atoms with van der Waals surface area (Å²) in [5.74, 6) is 0.487. The number of nitrogens with one attached hydrogen (secondary N) is 2. The number of sulfonamides is 2. The molecule has 0 atom stereocenters. The number of nitrogens with zero attached hydrogens (tertiary/aromatic N) is 9. The fourth-order valence-corrected chi connectivity index (χ4v) is 16.5. The maximum absolute atomic E-state index is 13.6. The summed E-state index contributed by atoms with van der Waals surface area (Å²) in [5, 5.41) is 20.9. The maximum atomic E-state index is 13.6. The van der Waals surface area contributed by atoms with E-state index in [4.69, 9.17) is 29.9 Å². The summed E-state index contributed by atoms with van der Waals surface area (Å²) in [6.45, 7) is 5.52. The number of ether oxygens (including phenoxy) is 3. The first-order chi connectivity index (χ1) is 62.7. The Kier molecular flexibility index (Phi) is 26.5. The fraction of sp³-hybridized carbons (Fsp3) is 0.0857. The monoisotopic (exact) mass is 1740 g/mol. The van der Waals surface area contributed by atoms with Crippen LogP contribution in [0.15, 0.2) is 346 Å². The van der Waals surface area contributed by atoms with Crippen LogP contribution in [-0.4, -0.2) is 94.1 Å². The van der Waals surface area contributed by atoms with E-state index in [1.54, 1.807) is 70.2 Å². The van der Waals surface area contributed by atoms with Gasteiger partial charge < -0.3 is 24.9 Å². The van der Waals surface area contributed by atoms with Crippen LogP contribution in [0.25, 0.3) is 112 Å². The number of aliphatic imine (C=N–C) groups is 4. The third-order valence-corrected chi connectivity index (χ3v) is 23.9. The number of methoxy groups -OCH3 is 2. The van der Waals surface area contributed by atoms with Crippen LogP contribution in [-0.2, 0) is 52.8 Å². The van der Waals surface area contributed by atoms with Crippen LogP contribution in [0.4, 0.5) is 14.5 Å². The molecule has 0 aliphatic carbocycles. The van der Waals surface area contributed by atoms with Gasteiger partial charge in [0.2, 0.25) is 20.0 Å². The van der Waals surface area contributed by atoms with Gasteiger partial charge in [-0.2, -0.15) is 0 Å². The molecule has 6 N–H and O–H groups in total. The minimum atomic E-state index is -3.76. The third kappa shape index (κ3) is 20.2. The summed E-state index contributed by atoms with van der Waals surface area (Å²) >= 11 is 0. The van der Waals surface area contributed by atoms with Gasteiger partial charge in [-0.3, -0.25) is 44.9 Å². The number of primary sulfonamides is 2. The molecule has 0 saturated carbocycles. The highest BCUT2D eigenvalue weighted by molar-refractivity contribution is 7.89. The molecule has 4 aliphatic heterocycles. The van der Waals surface area contributed by atoms with Gasteiger partial charge in [0.25, 0.3) is 0 Å². The van der Waals surface area contributed by atoms with Crippen molar-refractivity contribution in [3.05, 3.63) is 389 Å². The molecule has 9 heterocycles. The van der Waals surface area contributed by atoms with Crippen molar-refractivity contribution in [1.82, 2.24) is 24.9 Å². The predicted molar refractivity (Wildman–Crippen MR) is 509 cm³/mol. The second kappa shape index (κ2) is 39.3. The molecule has 20 nitrogen and oxygen atoms in total. The number of hydrogen-bond acceptors (Lipinski definition) is 18. The van der Waals surface area contributed by atoms with Crippen molar-refractivity contribution < 1.29 is 39.8 Å². The summed E-state index contributed by atoms with van der Waals surface area (Å²) < 4.78 is 90.0. The first-order valence-electron chi connectivity index (χ1n) is 41.1. The van der Waals surface area contributed by atoms with Gasteiger partial charge in [-0.1, -0.05) is 158 Å². The number of aromatic nitrogens is 5. The Hall–Kier alpha value is -15.6. The molecule has 16 aromatic rings. The second-order valence-corrected chi connectivity index (χ2v) is 33.4. The number of rotatable bonds is 19. The third-order valence-electron chi connectivity index (χ3n) is 22.1. The molecule has 5 aromatic heterocycles. The minimum Gasteiger partial charge on any atom is -0.496 e. The Morgan fingerprint density at radius 3 is 1.16 bits per heavy atom. The zero-order valence-electron chi connectivity index (χ0n) is 70.6. The van der Waals surface area contributed by atoms with Crippen LogP contribution in [0.1, 0.15) is 61.2 Å². The molecular weight excluding hydrogens is 1660 g/mol. The van der Waals surface area contributed by atoms with Crippen LogP contribution >= 0.6 is 0 Å². The number of fused-ring (bicyclic) bond motifs is 4. The van der Waals surface area contributed by atoms with E-state index in [0.717, 1.165) is 160 Å². The van der Waals surface area contributed by atoms with E-state index >= 15 is 0 Å². The Labute approximate surface area is 746 Å². The van der Waals surface area contributed by atoms with Crippen LogP contribution in [0.5, 0.6) is 17.2 Å². The van der Waals surface area contributed by atoms with E-state index < -0.39 is 31.7 Å². The molecule has 0 spiro atoms. The maximum Gasteiger partial charge on any atom is 0.238 e. The van der Waals surface area contributed by atoms with E-state index in [1.165, 1.54) is 63.9 Å². The molecule has 0 saturated heterocycles. The van der Waals surface area contributed by atoms with E-state index in [9.17, 15) is 25.6 Å². The molecule has 0 unspecified atom stereocenters. The normalized spacial score (nSPS) is 12.1. The molecule has 0 amide bonds. The Balaban J connectivity index is 0.000000119. The fourth-order valence-electron chi connectivity index (χ4n) is 15.4. The molecule has 129 heavy (non-hydrogen) atoms. The molecule has 11 aromatic carbocycles. The number of halogens is 2. The summed E-state index contributed by atoms with van der Waals surface area (Å²) in [5.41, 5.74) is 31.5. The summed E-state index contributed by atoms with van der Waals surface area (Å²) in [6, 6.07) is 89.6. The Morgan fingerprint density at radius 1 is 0.364 bits per heavy atom. The van der Waals surface area contributed by atoms with Gasteiger partial charge in [0.1, 0.15) is 12.4 Å². The van der Waals surface area contributed by atoms with Crippen molar-refractivity contribution in [2.75, 3.05) is 26.6 Å². The quantitative estimate of drug-likeness (QED) is 0.0548. The van der Waals surface area contributed by atoms with Crippen LogP contribution in [0, 0.1) is 24.0 Å². The van der Waals surface area contributed by atoms with Crippen molar-refractivity contribution in [2.45, 2.75) is 49.5 Å². The van der Waals surface area contributed by atoms with Crippen molar-refractivity contribution in [2.24, 2.45) is 30.2 Å². The lowest BCUT2D eigenvalue weighted by molar-refractivity contribution is 0.284. The molecule has 0 bridgehead atoms. The lowest BCUT2D eigenvalue weighted by Gasteiger charge is -2.14. The molecule has 4 aliphatic rings. The number of nitrogens with two attached hydrogens (primary N) is 2. The zero-order valence-corrected chi connectivity index (χ0v) is 72.2.